The van der Waals surface area contributed by atoms with E-state index in [2.05, 4.69) is 12.2 Å². The summed E-state index contributed by atoms with van der Waals surface area (Å²) in [5.41, 5.74) is 0. The molecule has 1 heterocycles. The Balaban J connectivity index is 2.20. The van der Waals surface area contributed by atoms with E-state index in [1.165, 1.54) is 12.8 Å². The minimum absolute atomic E-state index is 0.468. The Morgan fingerprint density at radius 3 is 2.78 bits per heavy atom. The summed E-state index contributed by atoms with van der Waals surface area (Å²) in [5.74, 6) is 0. The molecule has 0 aromatic heterocycles. The summed E-state index contributed by atoms with van der Waals surface area (Å²) in [6.07, 6.45) is 2.88. The average Bonchev–Trinajstić information content (AvgIpc) is 2.34. The monoisotopic (exact) mass is 129 g/mol. The van der Waals surface area contributed by atoms with Crippen molar-refractivity contribution in [2.45, 2.75) is 31.9 Å². The molecule has 1 fully saturated rings. The first-order chi connectivity index (χ1) is 4.36. The van der Waals surface area contributed by atoms with Gasteiger partial charge >= 0.3 is 0 Å². The molecule has 2 atom stereocenters. The van der Waals surface area contributed by atoms with Crippen molar-refractivity contribution < 1.29 is 4.74 Å². The van der Waals surface area contributed by atoms with Gasteiger partial charge in [-0.2, -0.15) is 0 Å². The molecule has 0 bridgehead atoms. The fraction of sp³-hybridized carbons (Fsp3) is 1.00. The van der Waals surface area contributed by atoms with Crippen molar-refractivity contribution in [2.24, 2.45) is 0 Å². The molecule has 54 valence electrons. The minimum atomic E-state index is 0.468. The van der Waals surface area contributed by atoms with Crippen molar-refractivity contribution in [3.05, 3.63) is 0 Å². The maximum absolute atomic E-state index is 5.18. The Kier molecular flexibility index (Phi) is 2.49. The number of methoxy groups -OCH3 is 1. The lowest BCUT2D eigenvalue weighted by Crippen LogP contribution is -2.20. The van der Waals surface area contributed by atoms with Crippen LogP contribution >= 0.6 is 0 Å². The molecule has 1 saturated heterocycles. The van der Waals surface area contributed by atoms with Crippen molar-refractivity contribution in [3.8, 4) is 0 Å². The fourth-order valence-electron chi connectivity index (χ4n) is 1.27. The lowest BCUT2D eigenvalue weighted by Gasteiger charge is -2.04. The van der Waals surface area contributed by atoms with E-state index in [1.54, 1.807) is 7.11 Å². The summed E-state index contributed by atoms with van der Waals surface area (Å²) in [6.45, 7) is 3.24. The molecular formula is C7H15NO. The molecule has 0 amide bonds. The molecule has 0 aliphatic carbocycles. The molecule has 1 N–H and O–H groups in total. The summed E-state index contributed by atoms with van der Waals surface area (Å²) >= 11 is 0. The third kappa shape index (κ3) is 1.66. The predicted molar refractivity (Wildman–Crippen MR) is 37.5 cm³/mol. The molecule has 2 heteroatoms. The van der Waals surface area contributed by atoms with Crippen LogP contribution in [0.1, 0.15) is 19.8 Å². The second-order valence-corrected chi connectivity index (χ2v) is 2.61. The van der Waals surface area contributed by atoms with Crippen LogP contribution in [0.5, 0.6) is 0 Å². The van der Waals surface area contributed by atoms with E-state index in [4.69, 9.17) is 4.74 Å². The molecule has 1 aliphatic rings. The van der Waals surface area contributed by atoms with Gasteiger partial charge < -0.3 is 10.1 Å². The van der Waals surface area contributed by atoms with Gasteiger partial charge in [0.15, 0.2) is 0 Å². The first-order valence-electron chi connectivity index (χ1n) is 3.63. The van der Waals surface area contributed by atoms with Crippen molar-refractivity contribution in [2.75, 3.05) is 13.7 Å². The molecule has 0 radical (unpaired) electrons. The number of hydrogen-bond acceptors (Lipinski definition) is 2. The van der Waals surface area contributed by atoms with Crippen LogP contribution in [-0.4, -0.2) is 25.8 Å². The molecule has 0 spiro atoms. The van der Waals surface area contributed by atoms with Gasteiger partial charge in [0.05, 0.1) is 6.10 Å². The fourth-order valence-corrected chi connectivity index (χ4v) is 1.27. The largest absolute Gasteiger partial charge is 0.380 e. The number of rotatable bonds is 2. The van der Waals surface area contributed by atoms with Gasteiger partial charge in [-0.25, -0.2) is 0 Å². The highest BCUT2D eigenvalue weighted by atomic mass is 16.5. The van der Waals surface area contributed by atoms with Crippen LogP contribution in [0, 0.1) is 0 Å². The van der Waals surface area contributed by atoms with E-state index in [1.807, 2.05) is 0 Å². The Morgan fingerprint density at radius 2 is 2.44 bits per heavy atom. The molecule has 0 aromatic carbocycles. The minimum Gasteiger partial charge on any atom is -0.380 e. The van der Waals surface area contributed by atoms with E-state index in [9.17, 15) is 0 Å². The highest BCUT2D eigenvalue weighted by Crippen LogP contribution is 2.11. The lowest BCUT2D eigenvalue weighted by atomic mass is 10.1. The molecule has 2 unspecified atom stereocenters. The number of hydrogen-bond donors (Lipinski definition) is 1. The van der Waals surface area contributed by atoms with E-state index in [-0.39, 0.29) is 0 Å². The van der Waals surface area contributed by atoms with Gasteiger partial charge in [0.1, 0.15) is 0 Å². The molecule has 9 heavy (non-hydrogen) atoms. The van der Waals surface area contributed by atoms with E-state index in [0.717, 1.165) is 6.54 Å². The second-order valence-electron chi connectivity index (χ2n) is 2.61. The third-order valence-corrected chi connectivity index (χ3v) is 2.01. The quantitative estimate of drug-likeness (QED) is 0.594. The van der Waals surface area contributed by atoms with Crippen molar-refractivity contribution in [1.82, 2.24) is 5.32 Å². The SMILES string of the molecule is CCC1CC(OC)CN1. The summed E-state index contributed by atoms with van der Waals surface area (Å²) in [7, 11) is 1.78. The van der Waals surface area contributed by atoms with Crippen LogP contribution in [-0.2, 0) is 4.74 Å². The summed E-state index contributed by atoms with van der Waals surface area (Å²) < 4.78 is 5.18. The summed E-state index contributed by atoms with van der Waals surface area (Å²) in [5, 5.41) is 3.38. The molecular weight excluding hydrogens is 114 g/mol. The summed E-state index contributed by atoms with van der Waals surface area (Å²) in [6, 6.07) is 0.704. The van der Waals surface area contributed by atoms with Crippen molar-refractivity contribution in [1.29, 1.82) is 0 Å². The Morgan fingerprint density at radius 1 is 1.67 bits per heavy atom. The van der Waals surface area contributed by atoms with Crippen molar-refractivity contribution >= 4 is 0 Å². The zero-order valence-electron chi connectivity index (χ0n) is 6.18. The van der Waals surface area contributed by atoms with Crippen LogP contribution in [0.4, 0.5) is 0 Å². The molecule has 0 aromatic rings. The van der Waals surface area contributed by atoms with E-state index < -0.39 is 0 Å². The number of nitrogens with one attached hydrogen (secondary N) is 1. The van der Waals surface area contributed by atoms with Crippen LogP contribution < -0.4 is 5.32 Å². The zero-order chi connectivity index (χ0) is 6.69. The zero-order valence-corrected chi connectivity index (χ0v) is 6.18. The first kappa shape index (κ1) is 7.03. The van der Waals surface area contributed by atoms with Gasteiger partial charge in [0.25, 0.3) is 0 Å². The van der Waals surface area contributed by atoms with Gasteiger partial charge in [-0.1, -0.05) is 6.92 Å². The van der Waals surface area contributed by atoms with Gasteiger partial charge in [-0.15, -0.1) is 0 Å². The standard InChI is InChI=1S/C7H15NO/c1-3-6-4-7(9-2)5-8-6/h6-8H,3-5H2,1-2H3. The number of ether oxygens (including phenoxy) is 1. The Hall–Kier alpha value is -0.0800. The average molecular weight is 129 g/mol. The molecule has 1 rings (SSSR count). The summed E-state index contributed by atoms with van der Waals surface area (Å²) in [4.78, 5) is 0. The Labute approximate surface area is 56.6 Å². The lowest BCUT2D eigenvalue weighted by molar-refractivity contribution is 0.117. The van der Waals surface area contributed by atoms with Gasteiger partial charge in [0.2, 0.25) is 0 Å². The van der Waals surface area contributed by atoms with E-state index >= 15 is 0 Å². The van der Waals surface area contributed by atoms with Gasteiger partial charge in [0, 0.05) is 19.7 Å². The maximum Gasteiger partial charge on any atom is 0.0710 e. The van der Waals surface area contributed by atoms with Crippen LogP contribution in [0.3, 0.4) is 0 Å². The Bertz CT molecular complexity index is 75.0. The van der Waals surface area contributed by atoms with Gasteiger partial charge in [-0.05, 0) is 12.8 Å². The molecule has 2 nitrogen and oxygen atoms in total. The van der Waals surface area contributed by atoms with E-state index in [0.29, 0.717) is 12.1 Å². The maximum atomic E-state index is 5.18. The second kappa shape index (κ2) is 3.18. The first-order valence-corrected chi connectivity index (χ1v) is 3.63. The topological polar surface area (TPSA) is 21.3 Å². The molecule has 0 saturated carbocycles. The smallest absolute Gasteiger partial charge is 0.0710 e. The highest BCUT2D eigenvalue weighted by Gasteiger charge is 2.21. The van der Waals surface area contributed by atoms with Crippen LogP contribution in [0.25, 0.3) is 0 Å². The van der Waals surface area contributed by atoms with Crippen LogP contribution in [0.2, 0.25) is 0 Å². The van der Waals surface area contributed by atoms with Gasteiger partial charge in [-0.3, -0.25) is 0 Å². The van der Waals surface area contributed by atoms with Crippen molar-refractivity contribution in [3.63, 3.8) is 0 Å². The highest BCUT2D eigenvalue weighted by molar-refractivity contribution is 4.80. The normalized spacial score (nSPS) is 35.3. The molecule has 1 aliphatic heterocycles. The van der Waals surface area contributed by atoms with Crippen LogP contribution in [0.15, 0.2) is 0 Å². The third-order valence-electron chi connectivity index (χ3n) is 2.01. The predicted octanol–water partition coefficient (Wildman–Crippen LogP) is 0.773.